The Balaban J connectivity index is 1.56. The van der Waals surface area contributed by atoms with Crippen LogP contribution in [-0.4, -0.2) is 69.8 Å². The zero-order chi connectivity index (χ0) is 31.7. The van der Waals surface area contributed by atoms with Gasteiger partial charge in [-0.1, -0.05) is 63.2 Å². The third kappa shape index (κ3) is 7.36. The molecule has 4 rings (SSSR count). The van der Waals surface area contributed by atoms with E-state index in [1.807, 2.05) is 63.2 Å². The molecule has 43 heavy (non-hydrogen) atoms. The van der Waals surface area contributed by atoms with E-state index in [2.05, 4.69) is 17.2 Å². The van der Waals surface area contributed by atoms with Crippen molar-refractivity contribution in [2.75, 3.05) is 6.54 Å². The number of aliphatic carboxylic acids is 1. The van der Waals surface area contributed by atoms with Crippen LogP contribution in [0.2, 0.25) is 0 Å². The zero-order valence-corrected chi connectivity index (χ0v) is 25.8. The molecule has 1 heterocycles. The summed E-state index contributed by atoms with van der Waals surface area (Å²) >= 11 is 0. The molecular weight excluding hydrogens is 550 g/mol. The first-order valence-electron chi connectivity index (χ1n) is 14.6. The average molecular weight is 594 g/mol. The fourth-order valence-electron chi connectivity index (χ4n) is 5.51. The second kappa shape index (κ2) is 12.0. The van der Waals surface area contributed by atoms with Gasteiger partial charge in [0.2, 0.25) is 11.8 Å². The van der Waals surface area contributed by atoms with Crippen LogP contribution < -0.4 is 10.6 Å². The summed E-state index contributed by atoms with van der Waals surface area (Å²) in [6.07, 6.45) is 0.667. The van der Waals surface area contributed by atoms with Gasteiger partial charge < -0.3 is 30.1 Å². The summed E-state index contributed by atoms with van der Waals surface area (Å²) in [5.41, 5.74) is -2.01. The molecule has 5 atom stereocenters. The van der Waals surface area contributed by atoms with Gasteiger partial charge in [-0.05, 0) is 55.0 Å². The van der Waals surface area contributed by atoms with Gasteiger partial charge in [-0.25, -0.2) is 9.59 Å². The quantitative estimate of drug-likeness (QED) is 0.367. The molecule has 0 radical (unpaired) electrons. The fourth-order valence-corrected chi connectivity index (χ4v) is 5.51. The van der Waals surface area contributed by atoms with Crippen molar-refractivity contribution in [3.8, 4) is 0 Å². The highest BCUT2D eigenvalue weighted by Crippen LogP contribution is 2.45. The molecule has 1 aliphatic heterocycles. The van der Waals surface area contributed by atoms with Gasteiger partial charge >= 0.3 is 12.1 Å². The highest BCUT2D eigenvalue weighted by molar-refractivity contribution is 5.96. The lowest BCUT2D eigenvalue weighted by molar-refractivity contribution is -0.146. The van der Waals surface area contributed by atoms with Gasteiger partial charge in [0, 0.05) is 18.9 Å². The number of nitrogens with zero attached hydrogens (tertiary/aromatic N) is 1. The first-order valence-corrected chi connectivity index (χ1v) is 14.6. The monoisotopic (exact) mass is 593 g/mol. The van der Waals surface area contributed by atoms with Crippen molar-refractivity contribution in [2.24, 2.45) is 11.3 Å². The molecule has 1 saturated heterocycles. The van der Waals surface area contributed by atoms with Gasteiger partial charge in [0.05, 0.1) is 12.7 Å². The molecule has 1 saturated carbocycles. The maximum atomic E-state index is 14.1. The van der Waals surface area contributed by atoms with Crippen LogP contribution in [-0.2, 0) is 30.5 Å². The molecular formula is C33H43N3O7. The van der Waals surface area contributed by atoms with Gasteiger partial charge in [0.15, 0.2) is 0 Å². The highest BCUT2D eigenvalue weighted by atomic mass is 16.6. The molecule has 2 aromatic carbocycles. The van der Waals surface area contributed by atoms with E-state index >= 15 is 0 Å². The van der Waals surface area contributed by atoms with Gasteiger partial charge in [0.1, 0.15) is 23.2 Å². The molecule has 0 aromatic heterocycles. The Morgan fingerprint density at radius 1 is 1.09 bits per heavy atom. The first-order chi connectivity index (χ1) is 20.0. The lowest BCUT2D eigenvalue weighted by Gasteiger charge is -2.36. The third-order valence-corrected chi connectivity index (χ3v) is 7.95. The van der Waals surface area contributed by atoms with Crippen molar-refractivity contribution in [3.63, 3.8) is 0 Å². The van der Waals surface area contributed by atoms with Crippen molar-refractivity contribution in [1.82, 2.24) is 15.5 Å². The van der Waals surface area contributed by atoms with E-state index < -0.39 is 64.5 Å². The molecule has 10 heteroatoms. The van der Waals surface area contributed by atoms with E-state index in [1.54, 1.807) is 20.8 Å². The summed E-state index contributed by atoms with van der Waals surface area (Å²) in [5.74, 6) is -2.61. The number of rotatable bonds is 9. The number of hydrogen-bond donors (Lipinski definition) is 3. The molecule has 0 bridgehead atoms. The topological polar surface area (TPSA) is 134 Å². The minimum atomic E-state index is -1.45. The number of carboxylic acid groups (broad SMARTS) is 1. The van der Waals surface area contributed by atoms with Crippen molar-refractivity contribution in [1.29, 1.82) is 0 Å². The number of alkyl carbamates (subject to hydrolysis) is 1. The van der Waals surface area contributed by atoms with Crippen LogP contribution in [0.1, 0.15) is 59.9 Å². The number of benzene rings is 2. The number of nitrogens with one attached hydrogen (secondary N) is 2. The Hall–Kier alpha value is -3.92. The van der Waals surface area contributed by atoms with Gasteiger partial charge in [0.25, 0.3) is 0 Å². The SMILES string of the molecule is C=C[C@@H]1C[C@@]1(NC(=O)[C@@H]1C[C@@H](OCc2ccc3ccccc3c2)CN1C(=O)[C@@H](NC(=O)OC(C)(C)C)C(C)(C)C)C(=O)O. The number of fused-ring (bicyclic) bond motifs is 1. The van der Waals surface area contributed by atoms with Crippen molar-refractivity contribution < 1.29 is 33.8 Å². The number of ether oxygens (including phenoxy) is 2. The molecule has 232 valence electrons. The number of likely N-dealkylation sites (tertiary alicyclic amines) is 1. The normalized spacial score (nSPS) is 24.2. The molecule has 0 unspecified atom stereocenters. The Bertz CT molecular complexity index is 1410. The van der Waals surface area contributed by atoms with Crippen LogP contribution in [0.4, 0.5) is 4.79 Å². The van der Waals surface area contributed by atoms with Gasteiger partial charge in [-0.2, -0.15) is 0 Å². The van der Waals surface area contributed by atoms with Gasteiger partial charge in [-0.3, -0.25) is 9.59 Å². The van der Waals surface area contributed by atoms with E-state index in [9.17, 15) is 24.3 Å². The van der Waals surface area contributed by atoms with Crippen LogP contribution >= 0.6 is 0 Å². The number of carbonyl (C=O) groups is 4. The van der Waals surface area contributed by atoms with Crippen LogP contribution in [0.25, 0.3) is 10.8 Å². The molecule has 2 fully saturated rings. The molecule has 3 N–H and O–H groups in total. The van der Waals surface area contributed by atoms with E-state index in [-0.39, 0.29) is 26.0 Å². The smallest absolute Gasteiger partial charge is 0.408 e. The Kier molecular flexibility index (Phi) is 8.92. The van der Waals surface area contributed by atoms with E-state index in [1.165, 1.54) is 11.0 Å². The molecule has 0 spiro atoms. The number of carbonyl (C=O) groups excluding carboxylic acids is 3. The summed E-state index contributed by atoms with van der Waals surface area (Å²) in [5, 5.41) is 17.4. The first kappa shape index (κ1) is 32.0. The Labute approximate surface area is 252 Å². The third-order valence-electron chi connectivity index (χ3n) is 7.95. The summed E-state index contributed by atoms with van der Waals surface area (Å²) < 4.78 is 11.6. The van der Waals surface area contributed by atoms with Crippen molar-refractivity contribution in [3.05, 3.63) is 60.7 Å². The van der Waals surface area contributed by atoms with Crippen molar-refractivity contribution >= 4 is 34.6 Å². The molecule has 10 nitrogen and oxygen atoms in total. The standard InChI is InChI=1S/C33H43N3O7/c1-8-23-17-33(23,29(39)40)35-27(37)25-16-24(42-19-20-13-14-21-11-9-10-12-22(21)15-20)18-36(25)28(38)26(31(2,3)4)34-30(41)43-32(5,6)7/h8-15,23-26H,1,16-19H2,2-7H3,(H,34,41)(H,35,37)(H,39,40)/t23-,24-,25+,26-,33+/m1/s1. The van der Waals surface area contributed by atoms with Crippen LogP contribution in [0, 0.1) is 11.3 Å². The number of hydrogen-bond acceptors (Lipinski definition) is 6. The average Bonchev–Trinajstić information content (AvgIpc) is 3.47. The molecule has 2 aliphatic rings. The summed E-state index contributed by atoms with van der Waals surface area (Å²) in [7, 11) is 0. The summed E-state index contributed by atoms with van der Waals surface area (Å²) in [6, 6.07) is 12.0. The molecule has 2 aromatic rings. The minimum Gasteiger partial charge on any atom is -0.479 e. The van der Waals surface area contributed by atoms with Crippen molar-refractivity contribution in [2.45, 2.75) is 90.3 Å². The largest absolute Gasteiger partial charge is 0.479 e. The van der Waals surface area contributed by atoms with E-state index in [0.29, 0.717) is 0 Å². The maximum absolute atomic E-state index is 14.1. The highest BCUT2D eigenvalue weighted by Gasteiger charge is 2.61. The second-order valence-corrected chi connectivity index (χ2v) is 13.6. The minimum absolute atomic E-state index is 0.0953. The van der Waals surface area contributed by atoms with Crippen LogP contribution in [0.5, 0.6) is 0 Å². The Morgan fingerprint density at radius 3 is 2.35 bits per heavy atom. The van der Waals surface area contributed by atoms with Crippen LogP contribution in [0.3, 0.4) is 0 Å². The van der Waals surface area contributed by atoms with E-state index in [0.717, 1.165) is 16.3 Å². The van der Waals surface area contributed by atoms with E-state index in [4.69, 9.17) is 9.47 Å². The summed E-state index contributed by atoms with van der Waals surface area (Å²) in [6.45, 7) is 14.7. The zero-order valence-electron chi connectivity index (χ0n) is 25.8. The number of amides is 3. The second-order valence-electron chi connectivity index (χ2n) is 13.6. The number of carboxylic acids is 1. The van der Waals surface area contributed by atoms with Crippen LogP contribution in [0.15, 0.2) is 55.1 Å². The van der Waals surface area contributed by atoms with Gasteiger partial charge in [-0.15, -0.1) is 6.58 Å². The predicted octanol–water partition coefficient (Wildman–Crippen LogP) is 4.41. The molecule has 1 aliphatic carbocycles. The Morgan fingerprint density at radius 2 is 1.77 bits per heavy atom. The lowest BCUT2D eigenvalue weighted by Crippen LogP contribution is -2.59. The fraction of sp³-hybridized carbons (Fsp3) is 0.515. The lowest BCUT2D eigenvalue weighted by atomic mass is 9.85. The molecule has 3 amide bonds. The predicted molar refractivity (Wildman–Crippen MR) is 162 cm³/mol. The maximum Gasteiger partial charge on any atom is 0.408 e. The summed E-state index contributed by atoms with van der Waals surface area (Å²) in [4.78, 5) is 54.0.